The van der Waals surface area contributed by atoms with Gasteiger partial charge in [0.1, 0.15) is 0 Å². The Hall–Kier alpha value is 0.260. The molecular weight excluding hydrogens is 215 g/mol. The molecule has 0 amide bonds. The van der Waals surface area contributed by atoms with Gasteiger partial charge in [0.05, 0.1) is 6.10 Å². The smallest absolute Gasteiger partial charge is 0.0560 e. The summed E-state index contributed by atoms with van der Waals surface area (Å²) in [6, 6.07) is 0. The van der Waals surface area contributed by atoms with Crippen LogP contribution in [0.3, 0.4) is 0 Å². The summed E-state index contributed by atoms with van der Waals surface area (Å²) in [4.78, 5) is 0. The molecule has 0 bridgehead atoms. The Morgan fingerprint density at radius 1 is 1.19 bits per heavy atom. The van der Waals surface area contributed by atoms with Crippen LogP contribution in [0, 0.1) is 0 Å². The Balaban J connectivity index is 2.81. The molecular formula is C14H29OP. The van der Waals surface area contributed by atoms with Gasteiger partial charge < -0.3 is 4.52 Å². The van der Waals surface area contributed by atoms with Crippen LogP contribution < -0.4 is 0 Å². The van der Waals surface area contributed by atoms with E-state index in [0.29, 0.717) is 6.10 Å². The normalized spacial score (nSPS) is 21.2. The van der Waals surface area contributed by atoms with Gasteiger partial charge in [0.25, 0.3) is 0 Å². The summed E-state index contributed by atoms with van der Waals surface area (Å²) in [5, 5.41) is 1.79. The monoisotopic (exact) mass is 244 g/mol. The van der Waals surface area contributed by atoms with Crippen LogP contribution in [0.1, 0.15) is 65.7 Å². The minimum atomic E-state index is -1.20. The Morgan fingerprint density at radius 3 is 2.31 bits per heavy atom. The Labute approximate surface area is 102 Å². The summed E-state index contributed by atoms with van der Waals surface area (Å²) in [6.45, 7) is 9.09. The van der Waals surface area contributed by atoms with E-state index in [1.165, 1.54) is 51.1 Å². The maximum Gasteiger partial charge on any atom is 0.0560 e. The van der Waals surface area contributed by atoms with Crippen LogP contribution >= 0.6 is 7.11 Å². The highest BCUT2D eigenvalue weighted by Gasteiger charge is 2.21. The molecule has 1 atom stereocenters. The van der Waals surface area contributed by atoms with Crippen molar-refractivity contribution in [3.8, 4) is 0 Å². The van der Waals surface area contributed by atoms with Gasteiger partial charge in [-0.25, -0.2) is 0 Å². The molecule has 0 aromatic rings. The lowest BCUT2D eigenvalue weighted by atomic mass is 10.0. The largest absolute Gasteiger partial charge is 0.359 e. The van der Waals surface area contributed by atoms with Gasteiger partial charge in [0, 0.05) is 7.11 Å². The maximum atomic E-state index is 6.35. The zero-order valence-corrected chi connectivity index (χ0v) is 12.5. The second-order valence-corrected chi connectivity index (χ2v) is 8.95. The van der Waals surface area contributed by atoms with E-state index in [9.17, 15) is 0 Å². The third-order valence-electron chi connectivity index (χ3n) is 3.48. The van der Waals surface area contributed by atoms with Crippen molar-refractivity contribution in [1.29, 1.82) is 0 Å². The first-order valence-corrected chi connectivity index (χ1v) is 9.31. The van der Waals surface area contributed by atoms with Crippen molar-refractivity contribution in [2.45, 2.75) is 71.8 Å². The molecule has 0 aromatic carbocycles. The van der Waals surface area contributed by atoms with Crippen LogP contribution in [-0.2, 0) is 4.52 Å². The van der Waals surface area contributed by atoms with E-state index >= 15 is 0 Å². The zero-order valence-electron chi connectivity index (χ0n) is 11.6. The van der Waals surface area contributed by atoms with Gasteiger partial charge in [-0.2, -0.15) is 0 Å². The summed E-state index contributed by atoms with van der Waals surface area (Å²) in [7, 11) is -1.20. The van der Waals surface area contributed by atoms with Gasteiger partial charge in [-0.1, -0.05) is 19.8 Å². The maximum absolute atomic E-state index is 6.35. The molecule has 1 fully saturated rings. The number of rotatable bonds is 5. The highest BCUT2D eigenvalue weighted by Crippen LogP contribution is 2.51. The van der Waals surface area contributed by atoms with Crippen LogP contribution in [-0.4, -0.2) is 24.2 Å². The van der Waals surface area contributed by atoms with Gasteiger partial charge in [0.2, 0.25) is 0 Å². The van der Waals surface area contributed by atoms with E-state index in [4.69, 9.17) is 4.52 Å². The number of hydrogen-bond donors (Lipinski definition) is 0. The molecule has 0 aliphatic heterocycles. The highest BCUT2D eigenvalue weighted by molar-refractivity contribution is 7.71. The molecule has 2 heteroatoms. The predicted molar refractivity (Wildman–Crippen MR) is 76.9 cm³/mol. The fourth-order valence-electron chi connectivity index (χ4n) is 2.64. The Kier molecular flexibility index (Phi) is 6.15. The molecule has 0 heterocycles. The molecule has 1 rings (SSSR count). The third kappa shape index (κ3) is 4.26. The predicted octanol–water partition coefficient (Wildman–Crippen LogP) is 4.91. The lowest BCUT2D eigenvalue weighted by molar-refractivity contribution is 0.269. The molecule has 1 aliphatic carbocycles. The van der Waals surface area contributed by atoms with Crippen LogP contribution in [0.5, 0.6) is 0 Å². The third-order valence-corrected chi connectivity index (χ3v) is 7.32. The molecule has 0 aromatic heterocycles. The summed E-state index contributed by atoms with van der Waals surface area (Å²) in [5.74, 6) is 0. The van der Waals surface area contributed by atoms with E-state index in [0.717, 1.165) is 0 Å². The zero-order chi connectivity index (χ0) is 12.0. The van der Waals surface area contributed by atoms with Gasteiger partial charge >= 0.3 is 0 Å². The van der Waals surface area contributed by atoms with Crippen molar-refractivity contribution >= 4 is 12.4 Å². The summed E-state index contributed by atoms with van der Waals surface area (Å²) in [6.07, 6.45) is 11.3. The van der Waals surface area contributed by atoms with Crippen molar-refractivity contribution < 1.29 is 4.52 Å². The van der Waals surface area contributed by atoms with Gasteiger partial charge in [-0.15, -0.1) is 0 Å². The van der Waals surface area contributed by atoms with E-state index in [-0.39, 0.29) is 0 Å². The van der Waals surface area contributed by atoms with Crippen molar-refractivity contribution in [2.75, 3.05) is 12.8 Å². The summed E-state index contributed by atoms with van der Waals surface area (Å²) >= 11 is 0. The lowest BCUT2D eigenvalue weighted by Crippen LogP contribution is -2.14. The van der Waals surface area contributed by atoms with Crippen LogP contribution in [0.2, 0.25) is 0 Å². The lowest BCUT2D eigenvalue weighted by Gasteiger charge is -2.31. The standard InChI is InChI=1S/C14H29OP/c1-5-6-12-16(4,15-13(2)3)14-10-8-7-9-11-14/h13H,5-12H2,1-4H3. The highest BCUT2D eigenvalue weighted by atomic mass is 31.2. The Morgan fingerprint density at radius 2 is 1.81 bits per heavy atom. The molecule has 96 valence electrons. The van der Waals surface area contributed by atoms with Crippen molar-refractivity contribution in [3.05, 3.63) is 0 Å². The van der Waals surface area contributed by atoms with Gasteiger partial charge in [-0.05, 0) is 64.1 Å². The van der Waals surface area contributed by atoms with Gasteiger partial charge in [0.15, 0.2) is 0 Å². The molecule has 0 saturated heterocycles. The molecule has 16 heavy (non-hydrogen) atoms. The van der Waals surface area contributed by atoms with Crippen molar-refractivity contribution in [2.24, 2.45) is 0 Å². The Bertz CT molecular complexity index is 247. The minimum absolute atomic E-state index is 0.393. The molecule has 0 spiro atoms. The topological polar surface area (TPSA) is 9.23 Å². The molecule has 1 aliphatic rings. The first-order chi connectivity index (χ1) is 7.58. The van der Waals surface area contributed by atoms with Crippen LogP contribution in [0.4, 0.5) is 0 Å². The minimum Gasteiger partial charge on any atom is -0.359 e. The fraction of sp³-hybridized carbons (Fsp3) is 0.929. The van der Waals surface area contributed by atoms with Crippen LogP contribution in [0.15, 0.2) is 0 Å². The number of hydrogen-bond acceptors (Lipinski definition) is 1. The fourth-order valence-corrected chi connectivity index (χ4v) is 6.33. The molecule has 0 radical (unpaired) electrons. The van der Waals surface area contributed by atoms with Crippen LogP contribution in [0.25, 0.3) is 0 Å². The average molecular weight is 244 g/mol. The molecule has 0 N–H and O–H groups in total. The SMILES string of the molecule is CCCCP(C)(OC(C)C)=C1CCCCC1. The number of unbranched alkanes of at least 4 members (excludes halogenated alkanes) is 1. The first kappa shape index (κ1) is 14.3. The van der Waals surface area contributed by atoms with E-state index in [1.807, 2.05) is 0 Å². The summed E-state index contributed by atoms with van der Waals surface area (Å²) in [5.41, 5.74) is 0. The van der Waals surface area contributed by atoms with Crippen molar-refractivity contribution in [1.82, 2.24) is 0 Å². The van der Waals surface area contributed by atoms with Crippen molar-refractivity contribution in [3.63, 3.8) is 0 Å². The molecule has 1 saturated carbocycles. The van der Waals surface area contributed by atoms with E-state index in [2.05, 4.69) is 27.4 Å². The van der Waals surface area contributed by atoms with Gasteiger partial charge in [-0.3, -0.25) is 0 Å². The average Bonchev–Trinajstić information content (AvgIpc) is 2.27. The second kappa shape index (κ2) is 6.87. The quantitative estimate of drug-likeness (QED) is 0.624. The van der Waals surface area contributed by atoms with E-state index < -0.39 is 7.11 Å². The van der Waals surface area contributed by atoms with E-state index in [1.54, 1.807) is 5.29 Å². The first-order valence-electron chi connectivity index (χ1n) is 6.97. The second-order valence-electron chi connectivity index (χ2n) is 5.46. The molecule has 1 nitrogen and oxygen atoms in total. The summed E-state index contributed by atoms with van der Waals surface area (Å²) < 4.78 is 6.35. The molecule has 1 unspecified atom stereocenters.